The van der Waals surface area contributed by atoms with Crippen molar-refractivity contribution in [2.75, 3.05) is 18.5 Å². The summed E-state index contributed by atoms with van der Waals surface area (Å²) in [5.74, 6) is -1.32. The molecule has 5 nitrogen and oxygen atoms in total. The third kappa shape index (κ3) is 2.44. The van der Waals surface area contributed by atoms with E-state index < -0.39 is 11.7 Å². The Morgan fingerprint density at radius 3 is 2.33 bits per heavy atom. The van der Waals surface area contributed by atoms with Crippen molar-refractivity contribution < 1.29 is 14.4 Å². The van der Waals surface area contributed by atoms with E-state index in [0.717, 1.165) is 11.1 Å². The van der Waals surface area contributed by atoms with Crippen LogP contribution in [0, 0.1) is 13.8 Å². The standard InChI is InChI=1S/C16H20N2O3/c1-9(2)17(5)12(19)8-18-14-11(4)7-6-10(3)13(14)15(20)16(18)21/h6-7,9H,8H2,1-5H3. The summed E-state index contributed by atoms with van der Waals surface area (Å²) in [6.07, 6.45) is 0. The number of amides is 2. The normalized spacial score (nSPS) is 13.9. The molecule has 0 saturated carbocycles. The molecular weight excluding hydrogens is 268 g/mol. The SMILES string of the molecule is Cc1ccc(C)c2c1C(=O)C(=O)N2CC(=O)N(C)C(C)C. The minimum atomic E-state index is -0.618. The number of aryl methyl sites for hydroxylation is 2. The molecule has 0 atom stereocenters. The lowest BCUT2D eigenvalue weighted by Gasteiger charge is -2.25. The number of carbonyl (C=O) groups excluding carboxylic acids is 3. The lowest BCUT2D eigenvalue weighted by atomic mass is 10.0. The molecule has 1 aromatic rings. The summed E-state index contributed by atoms with van der Waals surface area (Å²) in [5, 5.41) is 0. The van der Waals surface area contributed by atoms with Crippen LogP contribution in [-0.2, 0) is 9.59 Å². The highest BCUT2D eigenvalue weighted by Gasteiger charge is 2.39. The first-order chi connectivity index (χ1) is 9.75. The molecule has 0 N–H and O–H groups in total. The Bertz CT molecular complexity index is 635. The third-order valence-electron chi connectivity index (χ3n) is 3.99. The van der Waals surface area contributed by atoms with Crippen LogP contribution in [-0.4, -0.2) is 42.1 Å². The van der Waals surface area contributed by atoms with E-state index in [0.29, 0.717) is 11.3 Å². The monoisotopic (exact) mass is 288 g/mol. The lowest BCUT2D eigenvalue weighted by Crippen LogP contribution is -2.43. The van der Waals surface area contributed by atoms with Gasteiger partial charge in [-0.05, 0) is 38.8 Å². The molecule has 0 saturated heterocycles. The average Bonchev–Trinajstić information content (AvgIpc) is 2.68. The fraction of sp³-hybridized carbons (Fsp3) is 0.438. The van der Waals surface area contributed by atoms with E-state index >= 15 is 0 Å². The Hall–Kier alpha value is -2.17. The van der Waals surface area contributed by atoms with Crippen LogP contribution in [0.2, 0.25) is 0 Å². The summed E-state index contributed by atoms with van der Waals surface area (Å²) in [5.41, 5.74) is 2.60. The van der Waals surface area contributed by atoms with Gasteiger partial charge in [0.25, 0.3) is 11.7 Å². The van der Waals surface area contributed by atoms with Crippen molar-refractivity contribution in [3.63, 3.8) is 0 Å². The number of hydrogen-bond donors (Lipinski definition) is 0. The van der Waals surface area contributed by atoms with Crippen LogP contribution in [0.3, 0.4) is 0 Å². The summed E-state index contributed by atoms with van der Waals surface area (Å²) in [6, 6.07) is 3.73. The predicted molar refractivity (Wildman–Crippen MR) is 80.5 cm³/mol. The van der Waals surface area contributed by atoms with E-state index in [4.69, 9.17) is 0 Å². The third-order valence-corrected chi connectivity index (χ3v) is 3.99. The quantitative estimate of drug-likeness (QED) is 0.795. The molecule has 0 unspecified atom stereocenters. The molecule has 0 aliphatic carbocycles. The largest absolute Gasteiger partial charge is 0.342 e. The van der Waals surface area contributed by atoms with Crippen LogP contribution in [0.1, 0.15) is 35.3 Å². The van der Waals surface area contributed by atoms with Crippen LogP contribution in [0.4, 0.5) is 5.69 Å². The van der Waals surface area contributed by atoms with E-state index in [1.165, 1.54) is 4.90 Å². The molecule has 1 aromatic carbocycles. The lowest BCUT2D eigenvalue weighted by molar-refractivity contribution is -0.131. The molecule has 0 spiro atoms. The number of Topliss-reactive ketones (excluding diaryl/α,β-unsaturated/α-hetero) is 1. The molecule has 2 amide bonds. The average molecular weight is 288 g/mol. The van der Waals surface area contributed by atoms with Gasteiger partial charge in [-0.2, -0.15) is 0 Å². The number of anilines is 1. The fourth-order valence-electron chi connectivity index (χ4n) is 2.45. The molecule has 0 radical (unpaired) electrons. The number of ketones is 1. The van der Waals surface area contributed by atoms with Crippen LogP contribution in [0.25, 0.3) is 0 Å². The van der Waals surface area contributed by atoms with Gasteiger partial charge in [0.15, 0.2) is 0 Å². The Balaban J connectivity index is 2.40. The van der Waals surface area contributed by atoms with Crippen molar-refractivity contribution in [3.05, 3.63) is 28.8 Å². The highest BCUT2D eigenvalue weighted by Crippen LogP contribution is 2.34. The zero-order valence-corrected chi connectivity index (χ0v) is 13.1. The van der Waals surface area contributed by atoms with E-state index in [9.17, 15) is 14.4 Å². The summed E-state index contributed by atoms with van der Waals surface area (Å²) >= 11 is 0. The molecule has 112 valence electrons. The van der Waals surface area contributed by atoms with Crippen molar-refractivity contribution in [3.8, 4) is 0 Å². The molecule has 0 aromatic heterocycles. The van der Waals surface area contributed by atoms with Crippen molar-refractivity contribution in [2.45, 2.75) is 33.7 Å². The Morgan fingerprint density at radius 2 is 1.76 bits per heavy atom. The molecule has 0 bridgehead atoms. The van der Waals surface area contributed by atoms with E-state index in [2.05, 4.69) is 0 Å². The second kappa shape index (κ2) is 5.31. The molecule has 1 heterocycles. The Kier molecular flexibility index (Phi) is 3.85. The number of fused-ring (bicyclic) bond motifs is 1. The number of nitrogens with zero attached hydrogens (tertiary/aromatic N) is 2. The maximum absolute atomic E-state index is 12.2. The Morgan fingerprint density at radius 1 is 1.19 bits per heavy atom. The van der Waals surface area contributed by atoms with E-state index in [1.54, 1.807) is 18.9 Å². The minimum Gasteiger partial charge on any atom is -0.342 e. The van der Waals surface area contributed by atoms with Gasteiger partial charge in [-0.25, -0.2) is 0 Å². The number of carbonyl (C=O) groups is 3. The Labute approximate surface area is 124 Å². The van der Waals surface area contributed by atoms with Gasteiger partial charge in [0.05, 0.1) is 11.3 Å². The second-order valence-corrected chi connectivity index (χ2v) is 5.74. The zero-order chi connectivity index (χ0) is 15.9. The van der Waals surface area contributed by atoms with Crippen LogP contribution in [0.5, 0.6) is 0 Å². The van der Waals surface area contributed by atoms with Crippen LogP contribution >= 0.6 is 0 Å². The van der Waals surface area contributed by atoms with Gasteiger partial charge in [-0.3, -0.25) is 19.3 Å². The molecule has 1 aliphatic heterocycles. The predicted octanol–water partition coefficient (Wildman–Crippen LogP) is 1.70. The van der Waals surface area contributed by atoms with Crippen molar-refractivity contribution >= 4 is 23.3 Å². The maximum atomic E-state index is 12.2. The zero-order valence-electron chi connectivity index (χ0n) is 13.1. The summed E-state index contributed by atoms with van der Waals surface area (Å²) in [4.78, 5) is 39.4. The molecule has 2 rings (SSSR count). The van der Waals surface area contributed by atoms with E-state index in [1.807, 2.05) is 32.9 Å². The number of benzene rings is 1. The maximum Gasteiger partial charge on any atom is 0.299 e. The number of likely N-dealkylation sites (N-methyl/N-ethyl adjacent to an activating group) is 1. The van der Waals surface area contributed by atoms with Crippen LogP contribution in [0.15, 0.2) is 12.1 Å². The van der Waals surface area contributed by atoms with Gasteiger partial charge in [0.1, 0.15) is 6.54 Å². The van der Waals surface area contributed by atoms with Gasteiger partial charge in [0, 0.05) is 13.1 Å². The molecular formula is C16H20N2O3. The van der Waals surface area contributed by atoms with E-state index in [-0.39, 0.29) is 18.5 Å². The first kappa shape index (κ1) is 15.2. The highest BCUT2D eigenvalue weighted by atomic mass is 16.2. The van der Waals surface area contributed by atoms with Crippen molar-refractivity contribution in [1.29, 1.82) is 0 Å². The molecule has 21 heavy (non-hydrogen) atoms. The number of hydrogen-bond acceptors (Lipinski definition) is 3. The smallest absolute Gasteiger partial charge is 0.299 e. The van der Waals surface area contributed by atoms with Crippen molar-refractivity contribution in [2.24, 2.45) is 0 Å². The molecule has 1 aliphatic rings. The minimum absolute atomic E-state index is 0.0454. The summed E-state index contributed by atoms with van der Waals surface area (Å²) in [7, 11) is 1.69. The molecule has 5 heteroatoms. The van der Waals surface area contributed by atoms with Gasteiger partial charge < -0.3 is 4.90 Å². The van der Waals surface area contributed by atoms with Gasteiger partial charge >= 0.3 is 0 Å². The van der Waals surface area contributed by atoms with Gasteiger partial charge in [-0.1, -0.05) is 12.1 Å². The van der Waals surface area contributed by atoms with Gasteiger partial charge in [-0.15, -0.1) is 0 Å². The number of rotatable bonds is 3. The first-order valence-corrected chi connectivity index (χ1v) is 6.97. The van der Waals surface area contributed by atoms with Crippen LogP contribution < -0.4 is 4.90 Å². The van der Waals surface area contributed by atoms with Crippen molar-refractivity contribution in [1.82, 2.24) is 4.90 Å². The first-order valence-electron chi connectivity index (χ1n) is 6.97. The second-order valence-electron chi connectivity index (χ2n) is 5.74. The van der Waals surface area contributed by atoms with Gasteiger partial charge in [0.2, 0.25) is 5.91 Å². The topological polar surface area (TPSA) is 57.7 Å². The summed E-state index contributed by atoms with van der Waals surface area (Å²) in [6.45, 7) is 7.34. The molecule has 0 fully saturated rings. The highest BCUT2D eigenvalue weighted by molar-refractivity contribution is 6.53. The summed E-state index contributed by atoms with van der Waals surface area (Å²) < 4.78 is 0. The fourth-order valence-corrected chi connectivity index (χ4v) is 2.45.